The van der Waals surface area contributed by atoms with E-state index in [1.54, 1.807) is 20.8 Å². The third-order valence-electron chi connectivity index (χ3n) is 4.27. The van der Waals surface area contributed by atoms with Gasteiger partial charge in [-0.15, -0.1) is 0 Å². The summed E-state index contributed by atoms with van der Waals surface area (Å²) in [7, 11) is 0. The highest BCUT2D eigenvalue weighted by Gasteiger charge is 2.36. The molecule has 0 aliphatic rings. The van der Waals surface area contributed by atoms with Crippen LogP contribution in [0.1, 0.15) is 52.1 Å². The van der Waals surface area contributed by atoms with E-state index in [2.05, 4.69) is 10.6 Å². The molecule has 1 aromatic rings. The Balaban J connectivity index is 3.27. The van der Waals surface area contributed by atoms with Crippen molar-refractivity contribution < 1.29 is 29.3 Å². The predicted octanol–water partition coefficient (Wildman–Crippen LogP) is 1.59. The molecule has 0 spiro atoms. The monoisotopic (exact) mass is 448 g/mol. The smallest absolute Gasteiger partial charge is 0.408 e. The maximum Gasteiger partial charge on any atom is 0.408 e. The van der Waals surface area contributed by atoms with Gasteiger partial charge in [0, 0.05) is 6.54 Å². The fourth-order valence-electron chi connectivity index (χ4n) is 2.86. The number of alkyl carbamates (subject to hydrolysis) is 1. The van der Waals surface area contributed by atoms with Gasteiger partial charge in [0.25, 0.3) is 0 Å². The van der Waals surface area contributed by atoms with Gasteiger partial charge in [-0.25, -0.2) is 4.79 Å². The molecule has 0 saturated heterocycles. The van der Waals surface area contributed by atoms with Crippen LogP contribution >= 0.6 is 0 Å². The van der Waals surface area contributed by atoms with E-state index in [4.69, 9.17) is 4.74 Å². The maximum atomic E-state index is 13.2. The van der Waals surface area contributed by atoms with Crippen molar-refractivity contribution in [3.05, 3.63) is 29.8 Å². The number of unbranched alkanes of at least 4 members (excludes halogenated alkanes) is 1. The number of ether oxygens (including phenoxy) is 1. The summed E-state index contributed by atoms with van der Waals surface area (Å²) < 4.78 is 5.12. The number of phenols is 1. The standard InChI is InChI=1S/C22H32N4O6/c1-5-6-11-24-19(29)18(15-8-7-9-16(28)13-15)26(12-10-23)20(30)17(14-27)25-21(31)32-22(2,3)4/h7-9,13,17-18,27-28H,5-6,11-12,14H2,1-4H3,(H,24,29)(H,25,31). The van der Waals surface area contributed by atoms with E-state index in [0.717, 1.165) is 11.3 Å². The molecule has 0 bridgehead atoms. The highest BCUT2D eigenvalue weighted by atomic mass is 16.6. The minimum Gasteiger partial charge on any atom is -0.508 e. The predicted molar refractivity (Wildman–Crippen MR) is 116 cm³/mol. The number of carbonyl (C=O) groups excluding carboxylic acids is 3. The SMILES string of the molecule is CCCCNC(=O)C(c1cccc(O)c1)N(CC#N)C(=O)C(CO)NC(=O)OC(C)(C)C. The summed E-state index contributed by atoms with van der Waals surface area (Å²) in [5.74, 6) is -1.52. The molecule has 1 aromatic carbocycles. The third kappa shape index (κ3) is 8.43. The number of benzene rings is 1. The topological polar surface area (TPSA) is 152 Å². The van der Waals surface area contributed by atoms with Gasteiger partial charge in [-0.1, -0.05) is 25.5 Å². The Morgan fingerprint density at radius 1 is 1.28 bits per heavy atom. The molecule has 2 atom stereocenters. The third-order valence-corrected chi connectivity index (χ3v) is 4.27. The lowest BCUT2D eigenvalue weighted by Gasteiger charge is -2.32. The van der Waals surface area contributed by atoms with Crippen molar-refractivity contribution >= 4 is 17.9 Å². The number of hydrogen-bond acceptors (Lipinski definition) is 7. The Kier molecular flexibility index (Phi) is 10.4. The lowest BCUT2D eigenvalue weighted by Crippen LogP contribution is -2.54. The molecule has 2 unspecified atom stereocenters. The number of hydrogen-bond donors (Lipinski definition) is 4. The Morgan fingerprint density at radius 3 is 2.50 bits per heavy atom. The quantitative estimate of drug-likeness (QED) is 0.313. The zero-order valence-corrected chi connectivity index (χ0v) is 18.9. The first-order valence-corrected chi connectivity index (χ1v) is 10.4. The van der Waals surface area contributed by atoms with E-state index in [-0.39, 0.29) is 11.3 Å². The molecular weight excluding hydrogens is 416 g/mol. The van der Waals surface area contributed by atoms with Crippen LogP contribution in [0.5, 0.6) is 5.75 Å². The van der Waals surface area contributed by atoms with Crippen molar-refractivity contribution in [2.24, 2.45) is 0 Å². The molecule has 0 aromatic heterocycles. The van der Waals surface area contributed by atoms with Gasteiger partial charge in [-0.3, -0.25) is 9.59 Å². The number of amides is 3. The van der Waals surface area contributed by atoms with E-state index in [1.807, 2.05) is 13.0 Å². The van der Waals surface area contributed by atoms with Crippen LogP contribution in [0.15, 0.2) is 24.3 Å². The zero-order valence-electron chi connectivity index (χ0n) is 18.9. The van der Waals surface area contributed by atoms with Crippen LogP contribution in [-0.4, -0.2) is 64.4 Å². The Hall–Kier alpha value is -3.32. The fraction of sp³-hybridized carbons (Fsp3) is 0.545. The van der Waals surface area contributed by atoms with E-state index in [0.29, 0.717) is 13.0 Å². The van der Waals surface area contributed by atoms with Crippen molar-refractivity contribution in [1.82, 2.24) is 15.5 Å². The summed E-state index contributed by atoms with van der Waals surface area (Å²) in [6, 6.07) is 4.91. The number of carbonyl (C=O) groups is 3. The number of rotatable bonds is 10. The van der Waals surface area contributed by atoms with Crippen molar-refractivity contribution in [3.63, 3.8) is 0 Å². The maximum absolute atomic E-state index is 13.2. The molecule has 0 aliphatic heterocycles. The average Bonchev–Trinajstić information content (AvgIpc) is 2.70. The van der Waals surface area contributed by atoms with E-state index < -0.39 is 48.7 Å². The molecule has 3 amide bonds. The Labute approximate surface area is 188 Å². The lowest BCUT2D eigenvalue weighted by molar-refractivity contribution is -0.142. The molecule has 0 heterocycles. The number of aromatic hydroxyl groups is 1. The van der Waals surface area contributed by atoms with Crippen LogP contribution in [0.25, 0.3) is 0 Å². The number of phenolic OH excluding ortho intramolecular Hbond substituents is 1. The first-order valence-electron chi connectivity index (χ1n) is 10.4. The van der Waals surface area contributed by atoms with Crippen LogP contribution in [-0.2, 0) is 14.3 Å². The van der Waals surface area contributed by atoms with Gasteiger partial charge in [-0.2, -0.15) is 5.26 Å². The van der Waals surface area contributed by atoms with E-state index in [1.165, 1.54) is 24.3 Å². The number of aliphatic hydroxyl groups is 1. The summed E-state index contributed by atoms with van der Waals surface area (Å²) in [6.07, 6.45) is 0.622. The minimum atomic E-state index is -1.44. The second-order valence-electron chi connectivity index (χ2n) is 8.15. The molecule has 10 nitrogen and oxygen atoms in total. The van der Waals surface area contributed by atoms with Crippen molar-refractivity contribution in [1.29, 1.82) is 5.26 Å². The molecule has 176 valence electrons. The first-order chi connectivity index (χ1) is 15.0. The Morgan fingerprint density at radius 2 is 1.97 bits per heavy atom. The van der Waals surface area contributed by atoms with Crippen LogP contribution in [0.2, 0.25) is 0 Å². The van der Waals surface area contributed by atoms with Gasteiger partial charge in [0.15, 0.2) is 0 Å². The summed E-state index contributed by atoms with van der Waals surface area (Å²) in [6.45, 7) is 5.98. The van der Waals surface area contributed by atoms with Crippen molar-refractivity contribution in [2.75, 3.05) is 19.7 Å². The van der Waals surface area contributed by atoms with Gasteiger partial charge in [-0.05, 0) is 44.9 Å². The molecule has 1 rings (SSSR count). The fourth-order valence-corrected chi connectivity index (χ4v) is 2.86. The largest absolute Gasteiger partial charge is 0.508 e. The molecule has 0 fully saturated rings. The number of aliphatic hydroxyl groups excluding tert-OH is 1. The number of nitrogens with zero attached hydrogens (tertiary/aromatic N) is 2. The molecule has 32 heavy (non-hydrogen) atoms. The molecule has 0 radical (unpaired) electrons. The molecule has 0 aliphatic carbocycles. The second kappa shape index (κ2) is 12.5. The normalized spacial score (nSPS) is 12.8. The molecule has 4 N–H and O–H groups in total. The van der Waals surface area contributed by atoms with Crippen LogP contribution < -0.4 is 10.6 Å². The molecule has 10 heteroatoms. The molecular formula is C22H32N4O6. The van der Waals surface area contributed by atoms with Crippen LogP contribution in [0, 0.1) is 11.3 Å². The van der Waals surface area contributed by atoms with Gasteiger partial charge in [0.2, 0.25) is 11.8 Å². The van der Waals surface area contributed by atoms with Gasteiger partial charge >= 0.3 is 6.09 Å². The highest BCUT2D eigenvalue weighted by Crippen LogP contribution is 2.25. The first kappa shape index (κ1) is 26.7. The Bertz CT molecular complexity index is 830. The molecule has 0 saturated carbocycles. The van der Waals surface area contributed by atoms with Crippen LogP contribution in [0.3, 0.4) is 0 Å². The van der Waals surface area contributed by atoms with Crippen LogP contribution in [0.4, 0.5) is 4.79 Å². The zero-order chi connectivity index (χ0) is 24.3. The van der Waals surface area contributed by atoms with Gasteiger partial charge < -0.3 is 30.5 Å². The second-order valence-corrected chi connectivity index (χ2v) is 8.15. The van der Waals surface area contributed by atoms with E-state index >= 15 is 0 Å². The van der Waals surface area contributed by atoms with Crippen molar-refractivity contribution in [2.45, 2.75) is 58.2 Å². The lowest BCUT2D eigenvalue weighted by atomic mass is 10.0. The highest BCUT2D eigenvalue weighted by molar-refractivity contribution is 5.92. The average molecular weight is 449 g/mol. The van der Waals surface area contributed by atoms with Crippen molar-refractivity contribution in [3.8, 4) is 11.8 Å². The number of nitrogens with one attached hydrogen (secondary N) is 2. The van der Waals surface area contributed by atoms with Gasteiger partial charge in [0.05, 0.1) is 12.7 Å². The summed E-state index contributed by atoms with van der Waals surface area (Å²) in [5, 5.41) is 33.9. The summed E-state index contributed by atoms with van der Waals surface area (Å²) in [4.78, 5) is 39.3. The minimum absolute atomic E-state index is 0.121. The summed E-state index contributed by atoms with van der Waals surface area (Å²) >= 11 is 0. The number of nitriles is 1. The van der Waals surface area contributed by atoms with E-state index in [9.17, 15) is 29.9 Å². The van der Waals surface area contributed by atoms with Gasteiger partial charge in [0.1, 0.15) is 30.0 Å². The summed E-state index contributed by atoms with van der Waals surface area (Å²) in [5.41, 5.74) is -0.556.